The number of carboxylic acids is 1. The van der Waals surface area contributed by atoms with Gasteiger partial charge in [-0.2, -0.15) is 0 Å². The second-order valence-corrected chi connectivity index (χ2v) is 5.32. The lowest BCUT2D eigenvalue weighted by atomic mass is 10.0. The van der Waals surface area contributed by atoms with E-state index in [4.69, 9.17) is 5.11 Å². The average Bonchev–Trinajstić information content (AvgIpc) is 2.43. The summed E-state index contributed by atoms with van der Waals surface area (Å²) in [6.45, 7) is 3.39. The summed E-state index contributed by atoms with van der Waals surface area (Å²) in [4.78, 5) is 34.3. The Morgan fingerprint density at radius 3 is 2.36 bits per heavy atom. The minimum absolute atomic E-state index is 0.0113. The van der Waals surface area contributed by atoms with E-state index < -0.39 is 17.5 Å². The molecular formula is C15H21N3O4. The van der Waals surface area contributed by atoms with Crippen LogP contribution in [0.15, 0.2) is 30.3 Å². The molecule has 0 aromatic heterocycles. The highest BCUT2D eigenvalue weighted by molar-refractivity contribution is 5.95. The van der Waals surface area contributed by atoms with E-state index in [1.54, 1.807) is 38.1 Å². The Bertz CT molecular complexity index is 529. The zero-order valence-electron chi connectivity index (χ0n) is 12.7. The summed E-state index contributed by atoms with van der Waals surface area (Å²) in [5, 5.41) is 16.3. The standard InChI is InChI=1S/C15H21N3O4/c1-15(2,13(21)16-10-6-9-12(19)20)18-14(22)17-11-7-4-3-5-8-11/h3-5,7-8H,6,9-10H2,1-2H3,(H,16,21)(H,19,20)(H2,17,18,22). The molecule has 1 aromatic carbocycles. The van der Waals surface area contributed by atoms with Crippen molar-refractivity contribution in [1.29, 1.82) is 0 Å². The topological polar surface area (TPSA) is 108 Å². The van der Waals surface area contributed by atoms with Gasteiger partial charge in [-0.25, -0.2) is 4.79 Å². The van der Waals surface area contributed by atoms with Gasteiger partial charge in [0.25, 0.3) is 0 Å². The Kier molecular flexibility index (Phi) is 6.37. The molecule has 1 aromatic rings. The number of aliphatic carboxylic acids is 1. The van der Waals surface area contributed by atoms with Gasteiger partial charge in [0.2, 0.25) is 5.91 Å². The van der Waals surface area contributed by atoms with Gasteiger partial charge in [-0.05, 0) is 32.4 Å². The molecule has 0 saturated heterocycles. The van der Waals surface area contributed by atoms with E-state index in [0.29, 0.717) is 12.1 Å². The quantitative estimate of drug-likeness (QED) is 0.573. The van der Waals surface area contributed by atoms with Crippen LogP contribution in [0.3, 0.4) is 0 Å². The molecular weight excluding hydrogens is 286 g/mol. The predicted molar refractivity (Wildman–Crippen MR) is 82.6 cm³/mol. The summed E-state index contributed by atoms with van der Waals surface area (Å²) < 4.78 is 0. The number of amides is 3. The van der Waals surface area contributed by atoms with Gasteiger partial charge in [0.15, 0.2) is 0 Å². The van der Waals surface area contributed by atoms with Crippen LogP contribution in [-0.2, 0) is 9.59 Å². The fourth-order valence-corrected chi connectivity index (χ4v) is 1.69. The number of carboxylic acid groups (broad SMARTS) is 1. The number of hydrogen-bond acceptors (Lipinski definition) is 3. The SMILES string of the molecule is CC(C)(NC(=O)Nc1ccccc1)C(=O)NCCCC(=O)O. The maximum absolute atomic E-state index is 12.0. The first-order valence-electron chi connectivity index (χ1n) is 6.95. The van der Waals surface area contributed by atoms with Crippen molar-refractivity contribution >= 4 is 23.6 Å². The molecule has 120 valence electrons. The van der Waals surface area contributed by atoms with Gasteiger partial charge < -0.3 is 21.1 Å². The second-order valence-electron chi connectivity index (χ2n) is 5.32. The molecule has 0 spiro atoms. The largest absolute Gasteiger partial charge is 0.481 e. The number of rotatable bonds is 7. The third kappa shape index (κ3) is 6.25. The molecule has 0 aliphatic rings. The molecule has 4 N–H and O–H groups in total. The molecule has 22 heavy (non-hydrogen) atoms. The molecule has 7 heteroatoms. The van der Waals surface area contributed by atoms with Crippen molar-refractivity contribution in [3.8, 4) is 0 Å². The van der Waals surface area contributed by atoms with Crippen LogP contribution in [0.4, 0.5) is 10.5 Å². The van der Waals surface area contributed by atoms with Gasteiger partial charge >= 0.3 is 12.0 Å². The number of nitrogens with one attached hydrogen (secondary N) is 3. The summed E-state index contributed by atoms with van der Waals surface area (Å²) in [7, 11) is 0. The predicted octanol–water partition coefficient (Wildman–Crippen LogP) is 1.57. The first-order valence-corrected chi connectivity index (χ1v) is 6.95. The summed E-state index contributed by atoms with van der Waals surface area (Å²) >= 11 is 0. The van der Waals surface area contributed by atoms with Crippen molar-refractivity contribution in [3.05, 3.63) is 30.3 Å². The highest BCUT2D eigenvalue weighted by atomic mass is 16.4. The molecule has 0 unspecified atom stereocenters. The zero-order chi connectivity index (χ0) is 16.6. The maximum Gasteiger partial charge on any atom is 0.320 e. The summed E-state index contributed by atoms with van der Waals surface area (Å²) in [5.74, 6) is -1.28. The molecule has 0 atom stereocenters. The summed E-state index contributed by atoms with van der Waals surface area (Å²) in [6, 6.07) is 8.39. The molecule has 3 amide bonds. The minimum Gasteiger partial charge on any atom is -0.481 e. The van der Waals surface area contributed by atoms with E-state index in [0.717, 1.165) is 0 Å². The maximum atomic E-state index is 12.0. The molecule has 7 nitrogen and oxygen atoms in total. The summed E-state index contributed by atoms with van der Waals surface area (Å²) in [6.07, 6.45) is 0.329. The van der Waals surface area contributed by atoms with Gasteiger partial charge in [0, 0.05) is 18.7 Å². The van der Waals surface area contributed by atoms with Crippen molar-refractivity contribution in [1.82, 2.24) is 10.6 Å². The van der Waals surface area contributed by atoms with Gasteiger partial charge in [-0.15, -0.1) is 0 Å². The number of anilines is 1. The van der Waals surface area contributed by atoms with Gasteiger partial charge in [-0.3, -0.25) is 9.59 Å². The van der Waals surface area contributed by atoms with E-state index >= 15 is 0 Å². The van der Waals surface area contributed by atoms with Crippen LogP contribution in [0.1, 0.15) is 26.7 Å². The van der Waals surface area contributed by atoms with Gasteiger partial charge in [-0.1, -0.05) is 18.2 Å². The molecule has 0 aliphatic heterocycles. The van der Waals surface area contributed by atoms with E-state index in [2.05, 4.69) is 16.0 Å². The number of carbonyl (C=O) groups excluding carboxylic acids is 2. The van der Waals surface area contributed by atoms with Crippen LogP contribution < -0.4 is 16.0 Å². The Hall–Kier alpha value is -2.57. The number of para-hydroxylation sites is 1. The van der Waals surface area contributed by atoms with Gasteiger partial charge in [0.05, 0.1) is 0 Å². The van der Waals surface area contributed by atoms with Crippen LogP contribution in [0.25, 0.3) is 0 Å². The van der Waals surface area contributed by atoms with Crippen molar-refractivity contribution in [2.75, 3.05) is 11.9 Å². The Balaban J connectivity index is 2.42. The fraction of sp³-hybridized carbons (Fsp3) is 0.400. The van der Waals surface area contributed by atoms with E-state index in [9.17, 15) is 14.4 Å². The normalized spacial score (nSPS) is 10.6. The number of benzene rings is 1. The number of urea groups is 1. The van der Waals surface area contributed by atoms with E-state index in [-0.39, 0.29) is 18.9 Å². The lowest BCUT2D eigenvalue weighted by Crippen LogP contribution is -2.55. The van der Waals surface area contributed by atoms with Crippen molar-refractivity contribution < 1.29 is 19.5 Å². The highest BCUT2D eigenvalue weighted by Gasteiger charge is 2.29. The van der Waals surface area contributed by atoms with Crippen LogP contribution in [0.5, 0.6) is 0 Å². The summed E-state index contributed by atoms with van der Waals surface area (Å²) in [5.41, 5.74) is -0.486. The second kappa shape index (κ2) is 8.02. The molecule has 0 aliphatic carbocycles. The van der Waals surface area contributed by atoms with Crippen LogP contribution >= 0.6 is 0 Å². The monoisotopic (exact) mass is 307 g/mol. The number of carbonyl (C=O) groups is 3. The lowest BCUT2D eigenvalue weighted by Gasteiger charge is -2.25. The van der Waals surface area contributed by atoms with E-state index in [1.165, 1.54) is 0 Å². The first-order chi connectivity index (χ1) is 10.3. The Morgan fingerprint density at radius 1 is 1.14 bits per heavy atom. The molecule has 0 saturated carbocycles. The Morgan fingerprint density at radius 2 is 1.77 bits per heavy atom. The molecule has 1 rings (SSSR count). The average molecular weight is 307 g/mol. The third-order valence-electron chi connectivity index (χ3n) is 2.88. The minimum atomic E-state index is -1.11. The van der Waals surface area contributed by atoms with Crippen LogP contribution in [-0.4, -0.2) is 35.1 Å². The highest BCUT2D eigenvalue weighted by Crippen LogP contribution is 2.07. The third-order valence-corrected chi connectivity index (χ3v) is 2.88. The molecule has 0 fully saturated rings. The van der Waals surface area contributed by atoms with Crippen molar-refractivity contribution in [2.24, 2.45) is 0 Å². The van der Waals surface area contributed by atoms with Crippen LogP contribution in [0, 0.1) is 0 Å². The zero-order valence-corrected chi connectivity index (χ0v) is 12.7. The first kappa shape index (κ1) is 17.5. The Labute approximate surface area is 129 Å². The van der Waals surface area contributed by atoms with Crippen molar-refractivity contribution in [3.63, 3.8) is 0 Å². The fourth-order valence-electron chi connectivity index (χ4n) is 1.69. The molecule has 0 heterocycles. The molecule has 0 radical (unpaired) electrons. The smallest absolute Gasteiger partial charge is 0.320 e. The van der Waals surface area contributed by atoms with Crippen LogP contribution in [0.2, 0.25) is 0 Å². The number of hydrogen-bond donors (Lipinski definition) is 4. The lowest BCUT2D eigenvalue weighted by molar-refractivity contribution is -0.137. The molecule has 0 bridgehead atoms. The van der Waals surface area contributed by atoms with E-state index in [1.807, 2.05) is 6.07 Å². The van der Waals surface area contributed by atoms with Crippen molar-refractivity contribution in [2.45, 2.75) is 32.2 Å². The van der Waals surface area contributed by atoms with Gasteiger partial charge in [0.1, 0.15) is 5.54 Å².